The Hall–Kier alpha value is -4.03. The summed E-state index contributed by atoms with van der Waals surface area (Å²) < 4.78 is 57.4. The molecule has 2 aromatic carbocycles. The van der Waals surface area contributed by atoms with E-state index >= 15 is 0 Å². The van der Waals surface area contributed by atoms with Gasteiger partial charge in [-0.25, -0.2) is 0 Å². The second kappa shape index (κ2) is 11.6. The fraction of sp³-hybridized carbons (Fsp3) is 0.357. The Balaban J connectivity index is 1.27. The molecule has 0 amide bonds. The number of likely N-dealkylation sites (tertiary alicyclic amines) is 1. The first-order valence-corrected chi connectivity index (χ1v) is 12.9. The van der Waals surface area contributed by atoms with Crippen LogP contribution in [-0.2, 0) is 15.7 Å². The highest BCUT2D eigenvalue weighted by atomic mass is 19.4. The molecule has 0 bridgehead atoms. The SMILES string of the molecule is CCN1CCCC(C(=O)OCC(O)c2ccc(-c3noc(-c4onc(-c5ccccc5)c4C(F)(F)F)n3)cc2)C1. The van der Waals surface area contributed by atoms with Gasteiger partial charge in [0.15, 0.2) is 0 Å². The minimum absolute atomic E-state index is 0.0195. The molecule has 1 aliphatic rings. The summed E-state index contributed by atoms with van der Waals surface area (Å²) in [6.45, 7) is 4.35. The van der Waals surface area contributed by atoms with E-state index in [1.807, 2.05) is 6.92 Å². The molecule has 1 aliphatic heterocycles. The van der Waals surface area contributed by atoms with Gasteiger partial charge in [0.2, 0.25) is 11.6 Å². The number of benzene rings is 2. The highest BCUT2D eigenvalue weighted by Crippen LogP contribution is 2.43. The highest BCUT2D eigenvalue weighted by molar-refractivity contribution is 5.73. The number of hydrogen-bond acceptors (Lipinski definition) is 9. The Kier molecular flexibility index (Phi) is 7.99. The third-order valence-corrected chi connectivity index (χ3v) is 6.87. The van der Waals surface area contributed by atoms with Crippen LogP contribution in [0.5, 0.6) is 0 Å². The molecule has 210 valence electrons. The molecule has 2 unspecified atom stereocenters. The Morgan fingerprint density at radius 2 is 1.85 bits per heavy atom. The van der Waals surface area contributed by atoms with Gasteiger partial charge in [-0.05, 0) is 31.5 Å². The summed E-state index contributed by atoms with van der Waals surface area (Å²) in [5.74, 6) is -1.67. The predicted molar refractivity (Wildman–Crippen MR) is 136 cm³/mol. The molecule has 1 fully saturated rings. The van der Waals surface area contributed by atoms with Crippen LogP contribution < -0.4 is 0 Å². The van der Waals surface area contributed by atoms with Crippen molar-refractivity contribution in [2.75, 3.05) is 26.2 Å². The molecule has 5 rings (SSSR count). The fourth-order valence-electron chi connectivity index (χ4n) is 4.69. The van der Waals surface area contributed by atoms with Crippen molar-refractivity contribution in [3.8, 4) is 34.3 Å². The monoisotopic (exact) mass is 556 g/mol. The maximum atomic E-state index is 14.0. The first-order valence-electron chi connectivity index (χ1n) is 12.9. The number of rotatable bonds is 8. The van der Waals surface area contributed by atoms with Gasteiger partial charge in [-0.2, -0.15) is 18.2 Å². The summed E-state index contributed by atoms with van der Waals surface area (Å²) in [4.78, 5) is 18.7. The lowest BCUT2D eigenvalue weighted by molar-refractivity contribution is -0.153. The van der Waals surface area contributed by atoms with Crippen LogP contribution in [0.3, 0.4) is 0 Å². The third kappa shape index (κ3) is 5.92. The summed E-state index contributed by atoms with van der Waals surface area (Å²) in [6, 6.07) is 14.2. The lowest BCUT2D eigenvalue weighted by Gasteiger charge is -2.30. The number of ether oxygens (including phenoxy) is 1. The highest BCUT2D eigenvalue weighted by Gasteiger charge is 2.43. The zero-order valence-electron chi connectivity index (χ0n) is 21.6. The second-order valence-corrected chi connectivity index (χ2v) is 9.52. The molecule has 40 heavy (non-hydrogen) atoms. The maximum absolute atomic E-state index is 14.0. The number of aliphatic hydroxyl groups excluding tert-OH is 1. The van der Waals surface area contributed by atoms with Crippen molar-refractivity contribution in [1.82, 2.24) is 20.2 Å². The minimum atomic E-state index is -4.79. The van der Waals surface area contributed by atoms with E-state index in [0.717, 1.165) is 25.9 Å². The molecule has 4 aromatic rings. The number of esters is 1. The van der Waals surface area contributed by atoms with Crippen LogP contribution in [0.1, 0.15) is 37.0 Å². The quantitative estimate of drug-likeness (QED) is 0.286. The van der Waals surface area contributed by atoms with Crippen LogP contribution in [0.2, 0.25) is 0 Å². The van der Waals surface area contributed by atoms with Gasteiger partial charge in [-0.15, -0.1) is 0 Å². The van der Waals surface area contributed by atoms with Gasteiger partial charge in [-0.1, -0.05) is 71.8 Å². The Labute approximate surface area is 227 Å². The largest absolute Gasteiger partial charge is 0.462 e. The molecule has 2 atom stereocenters. The van der Waals surface area contributed by atoms with Gasteiger partial charge in [-0.3, -0.25) is 4.79 Å². The zero-order valence-corrected chi connectivity index (χ0v) is 21.6. The molecule has 0 radical (unpaired) electrons. The van der Waals surface area contributed by atoms with Crippen molar-refractivity contribution >= 4 is 5.97 Å². The summed E-state index contributed by atoms with van der Waals surface area (Å²) in [5, 5.41) is 17.9. The summed E-state index contributed by atoms with van der Waals surface area (Å²) in [7, 11) is 0. The maximum Gasteiger partial charge on any atom is 0.422 e. The molecule has 0 spiro atoms. The summed E-state index contributed by atoms with van der Waals surface area (Å²) >= 11 is 0. The standard InChI is InChI=1S/C28H27F3N4O5/c1-2-35-14-6-9-20(15-35)27(37)38-16-21(36)17-10-12-19(13-11-17)25-32-26(40-34-25)24-22(28(29,30)31)23(33-39-24)18-7-4-3-5-8-18/h3-5,7-8,10-13,20-21,36H,2,6,9,14-16H2,1H3. The van der Waals surface area contributed by atoms with Crippen LogP contribution in [0.15, 0.2) is 63.6 Å². The molecule has 3 heterocycles. The summed E-state index contributed by atoms with van der Waals surface area (Å²) in [5.41, 5.74) is -0.348. The van der Waals surface area contributed by atoms with Crippen molar-refractivity contribution < 1.29 is 36.9 Å². The first kappa shape index (κ1) is 27.5. The average molecular weight is 557 g/mol. The van der Waals surface area contributed by atoms with Crippen LogP contribution in [-0.4, -0.2) is 57.5 Å². The van der Waals surface area contributed by atoms with Crippen molar-refractivity contribution in [1.29, 1.82) is 0 Å². The minimum Gasteiger partial charge on any atom is -0.462 e. The van der Waals surface area contributed by atoms with Crippen LogP contribution in [0, 0.1) is 5.92 Å². The van der Waals surface area contributed by atoms with E-state index in [1.54, 1.807) is 42.5 Å². The molecule has 1 N–H and O–H groups in total. The molecule has 2 aromatic heterocycles. The number of carbonyl (C=O) groups excluding carboxylic acids is 1. The molecule has 1 saturated heterocycles. The lowest BCUT2D eigenvalue weighted by Crippen LogP contribution is -2.39. The van der Waals surface area contributed by atoms with Crippen molar-refractivity contribution in [2.24, 2.45) is 5.92 Å². The average Bonchev–Trinajstić information content (AvgIpc) is 3.64. The number of piperidine rings is 1. The molecule has 0 aliphatic carbocycles. The molecule has 9 nitrogen and oxygen atoms in total. The Morgan fingerprint density at radius 3 is 2.55 bits per heavy atom. The van der Waals surface area contributed by atoms with Crippen LogP contribution in [0.4, 0.5) is 13.2 Å². The molecule has 0 saturated carbocycles. The van der Waals surface area contributed by atoms with E-state index in [0.29, 0.717) is 17.7 Å². The normalized spacial score (nSPS) is 17.1. The molecular weight excluding hydrogens is 529 g/mol. The van der Waals surface area contributed by atoms with Gasteiger partial charge in [0, 0.05) is 17.7 Å². The lowest BCUT2D eigenvalue weighted by atomic mass is 9.98. The summed E-state index contributed by atoms with van der Waals surface area (Å²) in [6.07, 6.45) is -4.15. The van der Waals surface area contributed by atoms with E-state index in [-0.39, 0.29) is 35.6 Å². The van der Waals surface area contributed by atoms with E-state index in [2.05, 4.69) is 20.2 Å². The van der Waals surface area contributed by atoms with Gasteiger partial charge in [0.25, 0.3) is 5.89 Å². The van der Waals surface area contributed by atoms with E-state index in [4.69, 9.17) is 13.8 Å². The van der Waals surface area contributed by atoms with Crippen molar-refractivity contribution in [3.63, 3.8) is 0 Å². The first-order chi connectivity index (χ1) is 19.2. The Morgan fingerprint density at radius 1 is 1.10 bits per heavy atom. The van der Waals surface area contributed by atoms with E-state index < -0.39 is 29.5 Å². The number of hydrogen-bond donors (Lipinski definition) is 1. The van der Waals surface area contributed by atoms with Crippen molar-refractivity contribution in [2.45, 2.75) is 32.0 Å². The predicted octanol–water partition coefficient (Wildman–Crippen LogP) is 5.39. The molecule has 12 heteroatoms. The third-order valence-electron chi connectivity index (χ3n) is 6.87. The number of halogens is 3. The number of aliphatic hydroxyl groups is 1. The van der Waals surface area contributed by atoms with Crippen LogP contribution in [0.25, 0.3) is 34.3 Å². The van der Waals surface area contributed by atoms with Gasteiger partial charge in [0.05, 0.1) is 5.92 Å². The van der Waals surface area contributed by atoms with Gasteiger partial charge >= 0.3 is 12.1 Å². The van der Waals surface area contributed by atoms with Gasteiger partial charge < -0.3 is 23.8 Å². The zero-order chi connectivity index (χ0) is 28.3. The smallest absolute Gasteiger partial charge is 0.422 e. The van der Waals surface area contributed by atoms with Crippen LogP contribution >= 0.6 is 0 Å². The molecular formula is C28H27F3N4O5. The van der Waals surface area contributed by atoms with E-state index in [9.17, 15) is 23.1 Å². The second-order valence-electron chi connectivity index (χ2n) is 9.52. The Bertz CT molecular complexity index is 1440. The number of carbonyl (C=O) groups is 1. The topological polar surface area (TPSA) is 115 Å². The van der Waals surface area contributed by atoms with E-state index in [1.165, 1.54) is 12.1 Å². The number of alkyl halides is 3. The fourth-order valence-corrected chi connectivity index (χ4v) is 4.69. The number of aromatic nitrogens is 3. The number of nitrogens with zero attached hydrogens (tertiary/aromatic N) is 4. The van der Waals surface area contributed by atoms with Crippen molar-refractivity contribution in [3.05, 3.63) is 65.7 Å². The van der Waals surface area contributed by atoms with Gasteiger partial charge in [0.1, 0.15) is 24.0 Å².